The zero-order valence-electron chi connectivity index (χ0n) is 25.1. The minimum atomic E-state index is -1.13. The molecule has 4 aliphatic rings. The minimum absolute atomic E-state index is 0. The second-order valence-corrected chi connectivity index (χ2v) is 11.3. The number of carbonyl (C=O) groups is 2. The summed E-state index contributed by atoms with van der Waals surface area (Å²) in [5, 5.41) is 20.2. The molecular weight excluding hydrogens is 541 g/mol. The Balaban J connectivity index is 0.00000353. The molecule has 1 fully saturated rings. The molecule has 9 heteroatoms. The summed E-state index contributed by atoms with van der Waals surface area (Å²) < 4.78 is 5.09. The Labute approximate surface area is 261 Å². The summed E-state index contributed by atoms with van der Waals surface area (Å²) >= 11 is 0. The van der Waals surface area contributed by atoms with Gasteiger partial charge >= 0.3 is 29.0 Å². The zero-order chi connectivity index (χ0) is 29.5. The predicted molar refractivity (Wildman–Crippen MR) is 162 cm³/mol. The smallest absolute Gasteiger partial charge is 0.664 e. The third kappa shape index (κ3) is 4.09. The molecule has 8 nitrogen and oxygen atoms in total. The molecule has 2 aromatic heterocycles. The molecule has 0 aromatic carbocycles. The van der Waals surface area contributed by atoms with Crippen molar-refractivity contribution in [3.05, 3.63) is 108 Å². The average Bonchev–Trinajstić information content (AvgIpc) is 3.66. The number of Topliss-reactive ketones (excluding diaryl/α,β-unsaturated/α-hetero) is 1. The van der Waals surface area contributed by atoms with E-state index in [0.717, 1.165) is 45.1 Å². The number of ketones is 1. The number of carbonyl (C=O) groups excluding carboxylic acids is 2. The minimum Gasteiger partial charge on any atom is -0.664 e. The van der Waals surface area contributed by atoms with Gasteiger partial charge in [0.05, 0.1) is 7.11 Å². The van der Waals surface area contributed by atoms with Crippen LogP contribution in [0, 0.1) is 36.8 Å². The molecular formula is C33H33MgN4O4-. The zero-order valence-corrected chi connectivity index (χ0v) is 26.6. The summed E-state index contributed by atoms with van der Waals surface area (Å²) in [5.41, 5.74) is 8.89. The van der Waals surface area contributed by atoms with E-state index >= 15 is 0 Å². The van der Waals surface area contributed by atoms with Crippen molar-refractivity contribution in [1.29, 1.82) is 0 Å². The summed E-state index contributed by atoms with van der Waals surface area (Å²) in [4.78, 5) is 36.7. The number of esters is 1. The number of hydrogen-bond acceptors (Lipinski definition) is 4. The van der Waals surface area contributed by atoms with Crippen LogP contribution in [0.5, 0.6) is 0 Å². The van der Waals surface area contributed by atoms with Gasteiger partial charge in [-0.05, 0) is 51.2 Å². The van der Waals surface area contributed by atoms with Gasteiger partial charge in [-0.25, -0.2) is 0 Å². The molecule has 5 heterocycles. The first kappa shape index (κ1) is 30.1. The van der Waals surface area contributed by atoms with Gasteiger partial charge in [0.15, 0.2) is 5.78 Å². The third-order valence-electron chi connectivity index (χ3n) is 9.27. The predicted octanol–water partition coefficient (Wildman–Crippen LogP) is 2.37. The van der Waals surface area contributed by atoms with Crippen molar-refractivity contribution in [3.8, 4) is 0 Å². The van der Waals surface area contributed by atoms with E-state index in [1.165, 1.54) is 7.11 Å². The van der Waals surface area contributed by atoms with Crippen LogP contribution < -0.4 is 25.7 Å². The van der Waals surface area contributed by atoms with E-state index < -0.39 is 11.9 Å². The van der Waals surface area contributed by atoms with Gasteiger partial charge in [0, 0.05) is 16.7 Å². The molecule has 2 aromatic rings. The largest absolute Gasteiger partial charge is 2.00 e. The Morgan fingerprint density at radius 3 is 2.43 bits per heavy atom. The number of fused-ring (bicyclic) bond motifs is 7. The van der Waals surface area contributed by atoms with Gasteiger partial charge < -0.3 is 30.3 Å². The number of hydrogen-bond donors (Lipinski definition) is 1. The number of nitrogens with zero attached hydrogens (tertiary/aromatic N) is 3. The van der Waals surface area contributed by atoms with Crippen molar-refractivity contribution in [3.63, 3.8) is 0 Å². The summed E-state index contributed by atoms with van der Waals surface area (Å²) in [6, 6.07) is 0. The Kier molecular flexibility index (Phi) is 7.68. The van der Waals surface area contributed by atoms with E-state index in [1.54, 1.807) is 6.08 Å². The number of allylic oxidation sites excluding steroid dienone is 7. The Bertz CT molecular complexity index is 1830. The van der Waals surface area contributed by atoms with Crippen molar-refractivity contribution in [2.75, 3.05) is 7.11 Å². The molecule has 1 N–H and O–H groups in total. The molecule has 212 valence electrons. The molecule has 0 radical (unpaired) electrons. The maximum absolute atomic E-state index is 13.9. The van der Waals surface area contributed by atoms with Crippen LogP contribution in [0.15, 0.2) is 52.7 Å². The Morgan fingerprint density at radius 2 is 1.79 bits per heavy atom. The topological polar surface area (TPSA) is 113 Å². The van der Waals surface area contributed by atoms with Crippen molar-refractivity contribution in [2.24, 2.45) is 17.8 Å². The standard InChI is InChI=1S/C33H34N4O4.Mg/c1-9-19-16(5)23-13-26-20(10-2)17(6)25(37(26)40)12-22-14(3)15(4)30(35-22)28-29(33(39)41-8)32(38)27-18(7)21(36-31(27)28)11-24(19)34-23;/h10-15,29,37H,2,9H2,1,3-8H3,(H-,35,36,38);/q-2;+2/p-1/b22-12-,23-13-,24-11-;/t14-,15-,29+;/m0./s1. The first-order valence-electron chi connectivity index (χ1n) is 14.0. The first-order chi connectivity index (χ1) is 19.5. The monoisotopic (exact) mass is 573 g/mol. The molecule has 8 bridgehead atoms. The quantitative estimate of drug-likeness (QED) is 0.261. The first-order valence-corrected chi connectivity index (χ1v) is 14.0. The number of nitrogens with one attached hydrogen (secondary N) is 1. The molecule has 4 atom stereocenters. The molecule has 6 rings (SSSR count). The van der Waals surface area contributed by atoms with E-state index in [-0.39, 0.29) is 45.7 Å². The third-order valence-corrected chi connectivity index (χ3v) is 9.27. The molecule has 3 aliphatic heterocycles. The average molecular weight is 574 g/mol. The maximum Gasteiger partial charge on any atom is 2.00 e. The molecule has 0 saturated carbocycles. The van der Waals surface area contributed by atoms with Crippen LogP contribution in [0.4, 0.5) is 0 Å². The van der Waals surface area contributed by atoms with Gasteiger partial charge in [0.1, 0.15) is 17.3 Å². The SMILES string of the molecule is C=CC1=C2/C=c3\[n-]/c(c(CC)c3C)=C\c3[n-]c4c(c3C)C(=O)[C@H](C(=O)OC)/C4=C3/[N-]/C(=C\C(=C1C)[NH+]2[O-])[C@@H](C)[C@@H]3C.[Mg+2]. The number of aromatic nitrogens is 2. The van der Waals surface area contributed by atoms with E-state index in [4.69, 9.17) is 20.0 Å². The van der Waals surface area contributed by atoms with Crippen LogP contribution in [0.3, 0.4) is 0 Å². The second-order valence-electron chi connectivity index (χ2n) is 11.3. The molecule has 42 heavy (non-hydrogen) atoms. The van der Waals surface area contributed by atoms with Gasteiger partial charge in [0.2, 0.25) is 0 Å². The number of methoxy groups -OCH3 is 1. The van der Waals surface area contributed by atoms with Crippen LogP contribution in [0.2, 0.25) is 0 Å². The number of rotatable bonds is 3. The van der Waals surface area contributed by atoms with Gasteiger partial charge in [-0.3, -0.25) is 9.59 Å². The van der Waals surface area contributed by atoms with Crippen molar-refractivity contribution in [2.45, 2.75) is 48.0 Å². The Morgan fingerprint density at radius 1 is 1.07 bits per heavy atom. The Hall–Kier alpha value is -3.37. The number of quaternary nitrogens is 1. The van der Waals surface area contributed by atoms with Crippen LogP contribution in [-0.2, 0) is 16.0 Å². The van der Waals surface area contributed by atoms with E-state index in [2.05, 4.69) is 13.5 Å². The fraction of sp³-hybridized carbons (Fsp3) is 0.333. The summed E-state index contributed by atoms with van der Waals surface area (Å²) in [7, 11) is 1.29. The number of hydroxylamine groups is 2. The van der Waals surface area contributed by atoms with Crippen LogP contribution in [0.25, 0.3) is 23.0 Å². The van der Waals surface area contributed by atoms with Crippen molar-refractivity contribution in [1.82, 2.24) is 9.97 Å². The molecule has 1 unspecified atom stereocenters. The normalized spacial score (nSPS) is 28.9. The van der Waals surface area contributed by atoms with Crippen LogP contribution >= 0.6 is 0 Å². The summed E-state index contributed by atoms with van der Waals surface area (Å²) in [6.45, 7) is 15.9. The van der Waals surface area contributed by atoms with Gasteiger partial charge in [-0.15, -0.1) is 22.1 Å². The van der Waals surface area contributed by atoms with Crippen LogP contribution in [-0.4, -0.2) is 41.9 Å². The number of ether oxygens (including phenoxy) is 1. The van der Waals surface area contributed by atoms with E-state index in [0.29, 0.717) is 45.2 Å². The summed E-state index contributed by atoms with van der Waals surface area (Å²) in [5.74, 6) is -2.26. The molecule has 1 saturated heterocycles. The summed E-state index contributed by atoms with van der Waals surface area (Å²) in [6.07, 6.45) is 8.08. The van der Waals surface area contributed by atoms with Gasteiger partial charge in [0.25, 0.3) is 0 Å². The fourth-order valence-corrected chi connectivity index (χ4v) is 6.64. The van der Waals surface area contributed by atoms with E-state index in [9.17, 15) is 14.8 Å². The van der Waals surface area contributed by atoms with Gasteiger partial charge in [-0.2, -0.15) is 11.4 Å². The fourth-order valence-electron chi connectivity index (χ4n) is 6.64. The van der Waals surface area contributed by atoms with Crippen molar-refractivity contribution < 1.29 is 19.4 Å². The van der Waals surface area contributed by atoms with E-state index in [1.807, 2.05) is 52.8 Å². The molecule has 0 amide bonds. The van der Waals surface area contributed by atoms with Gasteiger partial charge in [-0.1, -0.05) is 61.8 Å². The molecule has 1 aliphatic carbocycles. The molecule has 0 spiro atoms. The maximum atomic E-state index is 13.9. The second kappa shape index (κ2) is 10.7. The van der Waals surface area contributed by atoms with Crippen LogP contribution in [0.1, 0.15) is 66.1 Å². The van der Waals surface area contributed by atoms with Crippen molar-refractivity contribution >= 4 is 52.5 Å².